The first-order chi connectivity index (χ1) is 12.6. The minimum Gasteiger partial charge on any atom is -0.490 e. The molecule has 0 N–H and O–H groups in total. The van der Waals surface area contributed by atoms with E-state index in [4.69, 9.17) is 9.47 Å². The van der Waals surface area contributed by atoms with Crippen molar-refractivity contribution in [1.29, 1.82) is 0 Å². The average Bonchev–Trinajstić information content (AvgIpc) is 3.14. The zero-order valence-corrected chi connectivity index (χ0v) is 14.3. The normalized spacial score (nSPS) is 32.6. The summed E-state index contributed by atoms with van der Waals surface area (Å²) in [5, 5.41) is 0. The van der Waals surface area contributed by atoms with Gasteiger partial charge in [0.2, 0.25) is 0 Å². The van der Waals surface area contributed by atoms with Crippen molar-refractivity contribution in [3.63, 3.8) is 0 Å². The Labute approximate surface area is 151 Å². The van der Waals surface area contributed by atoms with Crippen LogP contribution in [0.4, 0.5) is 4.39 Å². The van der Waals surface area contributed by atoms with Gasteiger partial charge in [-0.1, -0.05) is 36.4 Å². The lowest BCUT2D eigenvalue weighted by atomic mass is 9.76. The minimum absolute atomic E-state index is 0.0768. The van der Waals surface area contributed by atoms with Gasteiger partial charge in [0.1, 0.15) is 23.9 Å². The summed E-state index contributed by atoms with van der Waals surface area (Å²) in [6, 6.07) is 16.3. The molecule has 1 aliphatic carbocycles. The van der Waals surface area contributed by atoms with Crippen LogP contribution in [0.15, 0.2) is 54.6 Å². The highest BCUT2D eigenvalue weighted by molar-refractivity contribution is 5.89. The second-order valence-electron chi connectivity index (χ2n) is 7.39. The molecule has 2 aromatic rings. The van der Waals surface area contributed by atoms with Crippen molar-refractivity contribution in [1.82, 2.24) is 4.90 Å². The van der Waals surface area contributed by atoms with E-state index in [0.717, 1.165) is 18.4 Å². The van der Waals surface area contributed by atoms with E-state index in [1.165, 1.54) is 12.1 Å². The first-order valence-corrected chi connectivity index (χ1v) is 9.12. The van der Waals surface area contributed by atoms with Crippen molar-refractivity contribution in [2.75, 3.05) is 0 Å². The summed E-state index contributed by atoms with van der Waals surface area (Å²) in [6.07, 6.45) is 2.59. The van der Waals surface area contributed by atoms with Crippen LogP contribution < -0.4 is 4.74 Å². The molecule has 1 saturated carbocycles. The topological polar surface area (TPSA) is 38.8 Å². The summed E-state index contributed by atoms with van der Waals surface area (Å²) in [5.41, 5.74) is 0.409. The number of hydrogen-bond donors (Lipinski definition) is 0. The number of nitrogens with zero attached hydrogens (tertiary/aromatic N) is 1. The molecule has 0 radical (unpaired) electrons. The van der Waals surface area contributed by atoms with Crippen molar-refractivity contribution < 1.29 is 18.7 Å². The van der Waals surface area contributed by atoms with Crippen molar-refractivity contribution in [2.45, 2.75) is 49.7 Å². The smallest absolute Gasteiger partial charge is 0.257 e. The minimum atomic E-state index is -0.754. The molecule has 0 unspecified atom stereocenters. The lowest BCUT2D eigenvalue weighted by Crippen LogP contribution is -2.55. The Bertz CT molecular complexity index is 834. The quantitative estimate of drug-likeness (QED) is 0.842. The van der Waals surface area contributed by atoms with Gasteiger partial charge in [-0.2, -0.15) is 0 Å². The summed E-state index contributed by atoms with van der Waals surface area (Å²) < 4.78 is 25.3. The molecule has 2 aromatic carbocycles. The maximum atomic E-state index is 13.3. The van der Waals surface area contributed by atoms with Crippen LogP contribution in [-0.4, -0.2) is 28.7 Å². The summed E-state index contributed by atoms with van der Waals surface area (Å²) in [4.78, 5) is 15.0. The number of hydrogen-bond acceptors (Lipinski definition) is 3. The molecule has 5 rings (SSSR count). The number of benzene rings is 2. The van der Waals surface area contributed by atoms with Crippen LogP contribution in [0.5, 0.6) is 5.75 Å². The van der Waals surface area contributed by atoms with Crippen LogP contribution in [0.3, 0.4) is 0 Å². The molecule has 5 heteroatoms. The van der Waals surface area contributed by atoms with Gasteiger partial charge in [0.15, 0.2) is 5.60 Å². The molecule has 3 aliphatic rings. The van der Waals surface area contributed by atoms with E-state index in [0.29, 0.717) is 18.6 Å². The Kier molecular flexibility index (Phi) is 3.54. The fourth-order valence-corrected chi connectivity index (χ4v) is 4.48. The third kappa shape index (κ3) is 2.42. The number of carbonyl (C=O) groups excluding carboxylic acids is 1. The van der Waals surface area contributed by atoms with Gasteiger partial charge in [-0.25, -0.2) is 4.39 Å². The van der Waals surface area contributed by atoms with Gasteiger partial charge in [0.25, 0.3) is 5.91 Å². The second kappa shape index (κ2) is 5.81. The zero-order valence-electron chi connectivity index (χ0n) is 14.3. The highest BCUT2D eigenvalue weighted by atomic mass is 19.1. The molecule has 2 saturated heterocycles. The highest BCUT2D eigenvalue weighted by Gasteiger charge is 2.63. The molecule has 1 spiro atoms. The predicted octanol–water partition coefficient (Wildman–Crippen LogP) is 3.83. The Morgan fingerprint density at radius 3 is 2.65 bits per heavy atom. The maximum absolute atomic E-state index is 13.3. The molecule has 134 valence electrons. The number of rotatable bonds is 3. The van der Waals surface area contributed by atoms with Crippen LogP contribution in [0.1, 0.15) is 37.3 Å². The largest absolute Gasteiger partial charge is 0.490 e. The molecule has 0 bridgehead atoms. The number of carbonyl (C=O) groups is 1. The summed E-state index contributed by atoms with van der Waals surface area (Å²) in [5.74, 6) is 0.252. The third-order valence-corrected chi connectivity index (χ3v) is 5.72. The second-order valence-corrected chi connectivity index (χ2v) is 7.39. The Morgan fingerprint density at radius 2 is 1.88 bits per heavy atom. The fraction of sp³-hybridized carbons (Fsp3) is 0.381. The summed E-state index contributed by atoms with van der Waals surface area (Å²) in [6.45, 7) is 0. The average molecular weight is 353 g/mol. The summed E-state index contributed by atoms with van der Waals surface area (Å²) in [7, 11) is 0. The molecular formula is C21H20FNO3. The van der Waals surface area contributed by atoms with E-state index >= 15 is 0 Å². The maximum Gasteiger partial charge on any atom is 0.257 e. The number of amides is 1. The van der Waals surface area contributed by atoms with Crippen LogP contribution in [0.2, 0.25) is 0 Å². The number of halogens is 1. The molecule has 26 heavy (non-hydrogen) atoms. The molecule has 3 fully saturated rings. The molecular weight excluding hydrogens is 333 g/mol. The van der Waals surface area contributed by atoms with Gasteiger partial charge in [0, 0.05) is 18.9 Å². The SMILES string of the molecule is O=C1N2[C@@H](CC[C@H]2c2ccccc2)OC12CC(Oc1cccc(F)c1)C2. The van der Waals surface area contributed by atoms with Crippen LogP contribution >= 0.6 is 0 Å². The number of ether oxygens (including phenoxy) is 2. The van der Waals surface area contributed by atoms with Gasteiger partial charge < -0.3 is 14.4 Å². The van der Waals surface area contributed by atoms with Crippen molar-refractivity contribution in [2.24, 2.45) is 0 Å². The zero-order chi connectivity index (χ0) is 17.7. The van der Waals surface area contributed by atoms with Gasteiger partial charge in [-0.05, 0) is 30.5 Å². The third-order valence-electron chi connectivity index (χ3n) is 5.72. The van der Waals surface area contributed by atoms with Crippen molar-refractivity contribution in [3.8, 4) is 5.75 Å². The van der Waals surface area contributed by atoms with E-state index in [-0.39, 0.29) is 30.1 Å². The molecule has 2 aliphatic heterocycles. The number of fused-ring (bicyclic) bond motifs is 1. The molecule has 4 nitrogen and oxygen atoms in total. The van der Waals surface area contributed by atoms with E-state index in [9.17, 15) is 9.18 Å². The highest BCUT2D eigenvalue weighted by Crippen LogP contribution is 2.51. The molecule has 0 aromatic heterocycles. The van der Waals surface area contributed by atoms with Gasteiger partial charge in [-0.3, -0.25) is 4.79 Å². The lowest BCUT2D eigenvalue weighted by molar-refractivity contribution is -0.162. The first kappa shape index (κ1) is 15.8. The van der Waals surface area contributed by atoms with Crippen molar-refractivity contribution in [3.05, 3.63) is 66.0 Å². The molecule has 2 atom stereocenters. The standard InChI is InChI=1S/C21H20FNO3/c22-15-7-4-8-16(11-15)25-17-12-21(13-17)20(24)23-18(9-10-19(23)26-21)14-5-2-1-3-6-14/h1-8,11,17-19H,9-10,12-13H2/t17?,18-,19+,21?/m0/s1. The van der Waals surface area contributed by atoms with Crippen molar-refractivity contribution >= 4 is 5.91 Å². The molecule has 2 heterocycles. The van der Waals surface area contributed by atoms with E-state index in [1.807, 2.05) is 23.1 Å². The monoisotopic (exact) mass is 353 g/mol. The van der Waals surface area contributed by atoms with Crippen LogP contribution in [0, 0.1) is 5.82 Å². The van der Waals surface area contributed by atoms with Gasteiger partial charge >= 0.3 is 0 Å². The van der Waals surface area contributed by atoms with Gasteiger partial charge in [-0.15, -0.1) is 0 Å². The van der Waals surface area contributed by atoms with Crippen LogP contribution in [-0.2, 0) is 9.53 Å². The molecule has 1 amide bonds. The lowest BCUT2D eigenvalue weighted by Gasteiger charge is -2.42. The fourth-order valence-electron chi connectivity index (χ4n) is 4.48. The predicted molar refractivity (Wildman–Crippen MR) is 92.9 cm³/mol. The van der Waals surface area contributed by atoms with Gasteiger partial charge in [0.05, 0.1) is 6.04 Å². The van der Waals surface area contributed by atoms with Crippen LogP contribution in [0.25, 0.3) is 0 Å². The van der Waals surface area contributed by atoms with E-state index < -0.39 is 5.60 Å². The Hall–Kier alpha value is -2.40. The Morgan fingerprint density at radius 1 is 1.08 bits per heavy atom. The summed E-state index contributed by atoms with van der Waals surface area (Å²) >= 11 is 0. The van der Waals surface area contributed by atoms with E-state index in [1.54, 1.807) is 12.1 Å². The Balaban J connectivity index is 1.29. The first-order valence-electron chi connectivity index (χ1n) is 9.12. The van der Waals surface area contributed by atoms with E-state index in [2.05, 4.69) is 12.1 Å².